The number of aromatic nitrogens is 5. The number of amides is 1. The zero-order valence-electron chi connectivity index (χ0n) is 16.6. The lowest BCUT2D eigenvalue weighted by molar-refractivity contribution is -0.116. The molecule has 10 nitrogen and oxygen atoms in total. The SMILES string of the molecule is O=C(Cn1c(=O)oc2ccccc21)Nc1ccc(Oc2cc(-n3ccnc3)ncn2)cc1. The van der Waals surface area contributed by atoms with Crippen LogP contribution >= 0.6 is 0 Å². The lowest BCUT2D eigenvalue weighted by atomic mass is 10.3. The van der Waals surface area contributed by atoms with Crippen LogP contribution in [-0.2, 0) is 11.3 Å². The zero-order valence-corrected chi connectivity index (χ0v) is 16.6. The van der Waals surface area contributed by atoms with Gasteiger partial charge >= 0.3 is 5.76 Å². The number of carbonyl (C=O) groups excluding carboxylic acids is 1. The van der Waals surface area contributed by atoms with Crippen LogP contribution in [0.3, 0.4) is 0 Å². The van der Waals surface area contributed by atoms with Gasteiger partial charge in [-0.1, -0.05) is 12.1 Å². The normalized spacial score (nSPS) is 10.9. The fraction of sp³-hybridized carbons (Fsp3) is 0.0455. The van der Waals surface area contributed by atoms with Crippen molar-refractivity contribution in [2.45, 2.75) is 6.54 Å². The topological polar surface area (TPSA) is 117 Å². The number of imidazole rings is 1. The molecule has 158 valence electrons. The predicted octanol–water partition coefficient (Wildman–Crippen LogP) is 3.00. The van der Waals surface area contributed by atoms with Crippen LogP contribution in [0.25, 0.3) is 16.9 Å². The smallest absolute Gasteiger partial charge is 0.420 e. The second-order valence-corrected chi connectivity index (χ2v) is 6.78. The van der Waals surface area contributed by atoms with Gasteiger partial charge in [-0.2, -0.15) is 0 Å². The summed E-state index contributed by atoms with van der Waals surface area (Å²) in [7, 11) is 0. The molecule has 0 unspecified atom stereocenters. The maximum atomic E-state index is 12.4. The van der Waals surface area contributed by atoms with Crippen molar-refractivity contribution in [3.05, 3.63) is 90.2 Å². The quantitative estimate of drug-likeness (QED) is 0.442. The summed E-state index contributed by atoms with van der Waals surface area (Å²) in [5.41, 5.74) is 1.56. The molecule has 1 N–H and O–H groups in total. The van der Waals surface area contributed by atoms with Crippen molar-refractivity contribution in [1.29, 1.82) is 0 Å². The first-order chi connectivity index (χ1) is 15.7. The molecule has 1 amide bonds. The van der Waals surface area contributed by atoms with E-state index in [2.05, 4.69) is 20.3 Å². The summed E-state index contributed by atoms with van der Waals surface area (Å²) in [6.45, 7) is -0.161. The number of benzene rings is 2. The van der Waals surface area contributed by atoms with Crippen LogP contribution < -0.4 is 15.8 Å². The van der Waals surface area contributed by atoms with Gasteiger partial charge in [0.2, 0.25) is 11.8 Å². The summed E-state index contributed by atoms with van der Waals surface area (Å²) in [4.78, 5) is 36.7. The van der Waals surface area contributed by atoms with Crippen LogP contribution in [-0.4, -0.2) is 30.0 Å². The van der Waals surface area contributed by atoms with Gasteiger partial charge in [0.15, 0.2) is 5.58 Å². The van der Waals surface area contributed by atoms with Gasteiger partial charge in [0.1, 0.15) is 30.8 Å². The molecule has 32 heavy (non-hydrogen) atoms. The molecule has 0 saturated carbocycles. The molecule has 0 atom stereocenters. The van der Waals surface area contributed by atoms with Gasteiger partial charge in [0.05, 0.1) is 5.52 Å². The van der Waals surface area contributed by atoms with Crippen molar-refractivity contribution < 1.29 is 13.9 Å². The Hall–Kier alpha value is -4.73. The fourth-order valence-electron chi connectivity index (χ4n) is 3.16. The van der Waals surface area contributed by atoms with Gasteiger partial charge in [0.25, 0.3) is 0 Å². The molecule has 0 spiro atoms. The van der Waals surface area contributed by atoms with Crippen molar-refractivity contribution >= 4 is 22.7 Å². The number of ether oxygens (including phenoxy) is 1. The van der Waals surface area contributed by atoms with E-state index < -0.39 is 5.76 Å². The molecule has 5 rings (SSSR count). The highest BCUT2D eigenvalue weighted by Crippen LogP contribution is 2.22. The van der Waals surface area contributed by atoms with Crippen molar-refractivity contribution in [3.8, 4) is 17.4 Å². The van der Waals surface area contributed by atoms with E-state index in [-0.39, 0.29) is 12.5 Å². The van der Waals surface area contributed by atoms with Gasteiger partial charge in [-0.3, -0.25) is 13.9 Å². The number of para-hydroxylation sites is 2. The molecular weight excluding hydrogens is 412 g/mol. The molecule has 2 aromatic carbocycles. The largest absolute Gasteiger partial charge is 0.439 e. The lowest BCUT2D eigenvalue weighted by Gasteiger charge is -2.09. The van der Waals surface area contributed by atoms with Crippen LogP contribution in [0, 0.1) is 0 Å². The van der Waals surface area contributed by atoms with E-state index in [1.807, 2.05) is 0 Å². The van der Waals surface area contributed by atoms with Crippen molar-refractivity contribution in [2.24, 2.45) is 0 Å². The average Bonchev–Trinajstić information content (AvgIpc) is 3.44. The molecule has 5 aromatic rings. The molecule has 0 fully saturated rings. The van der Waals surface area contributed by atoms with E-state index >= 15 is 0 Å². The van der Waals surface area contributed by atoms with E-state index in [4.69, 9.17) is 9.15 Å². The maximum absolute atomic E-state index is 12.4. The Morgan fingerprint density at radius 1 is 1.09 bits per heavy atom. The summed E-state index contributed by atoms with van der Waals surface area (Å²) < 4.78 is 13.9. The highest BCUT2D eigenvalue weighted by atomic mass is 16.5. The van der Waals surface area contributed by atoms with E-state index in [0.717, 1.165) is 0 Å². The van der Waals surface area contributed by atoms with Crippen molar-refractivity contribution in [3.63, 3.8) is 0 Å². The van der Waals surface area contributed by atoms with Crippen LogP contribution in [0.2, 0.25) is 0 Å². The summed E-state index contributed by atoms with van der Waals surface area (Å²) in [6, 6.07) is 15.4. The molecule has 0 radical (unpaired) electrons. The van der Waals surface area contributed by atoms with Crippen molar-refractivity contribution in [2.75, 3.05) is 5.32 Å². The summed E-state index contributed by atoms with van der Waals surface area (Å²) in [5, 5.41) is 2.76. The number of hydrogen-bond donors (Lipinski definition) is 1. The zero-order chi connectivity index (χ0) is 21.9. The molecule has 3 heterocycles. The summed E-state index contributed by atoms with van der Waals surface area (Å²) >= 11 is 0. The monoisotopic (exact) mass is 428 g/mol. The van der Waals surface area contributed by atoms with Gasteiger partial charge in [0, 0.05) is 24.1 Å². The highest BCUT2D eigenvalue weighted by Gasteiger charge is 2.12. The molecule has 10 heteroatoms. The van der Waals surface area contributed by atoms with E-state index in [1.165, 1.54) is 10.9 Å². The first kappa shape index (κ1) is 19.2. The van der Waals surface area contributed by atoms with Crippen LogP contribution in [0.15, 0.2) is 88.9 Å². The predicted molar refractivity (Wildman–Crippen MR) is 115 cm³/mol. The van der Waals surface area contributed by atoms with Crippen LogP contribution in [0.5, 0.6) is 11.6 Å². The first-order valence-corrected chi connectivity index (χ1v) is 9.62. The second kappa shape index (κ2) is 8.19. The number of rotatable bonds is 6. The number of oxazole rings is 1. The second-order valence-electron chi connectivity index (χ2n) is 6.78. The first-order valence-electron chi connectivity index (χ1n) is 9.62. The van der Waals surface area contributed by atoms with E-state index in [0.29, 0.717) is 34.2 Å². The van der Waals surface area contributed by atoms with Crippen LogP contribution in [0.1, 0.15) is 0 Å². The summed E-state index contributed by atoms with van der Waals surface area (Å²) in [6.07, 6.45) is 6.45. The third kappa shape index (κ3) is 3.97. The number of anilines is 1. The minimum atomic E-state index is -0.579. The number of hydrogen-bond acceptors (Lipinski definition) is 7. The molecular formula is C22H16N6O4. The third-order valence-electron chi connectivity index (χ3n) is 4.63. The van der Waals surface area contributed by atoms with Crippen molar-refractivity contribution in [1.82, 2.24) is 24.1 Å². The standard InChI is InChI=1S/C22H16N6O4/c29-20(12-28-17-3-1-2-4-18(17)32-22(28)30)26-15-5-7-16(8-6-15)31-21-11-19(24-13-25-21)27-10-9-23-14-27/h1-11,13-14H,12H2,(H,26,29). The molecule has 0 aliphatic rings. The van der Waals surface area contributed by atoms with E-state index in [1.54, 1.807) is 77.9 Å². The number of fused-ring (bicyclic) bond motifs is 1. The van der Waals surface area contributed by atoms with Gasteiger partial charge in [-0.15, -0.1) is 0 Å². The highest BCUT2D eigenvalue weighted by molar-refractivity contribution is 5.91. The number of nitrogens with one attached hydrogen (secondary N) is 1. The molecule has 0 aliphatic heterocycles. The van der Waals surface area contributed by atoms with Gasteiger partial charge in [-0.25, -0.2) is 19.7 Å². The van der Waals surface area contributed by atoms with Crippen LogP contribution in [0.4, 0.5) is 5.69 Å². The maximum Gasteiger partial charge on any atom is 0.420 e. The number of carbonyl (C=O) groups is 1. The van der Waals surface area contributed by atoms with Gasteiger partial charge < -0.3 is 14.5 Å². The minimum Gasteiger partial charge on any atom is -0.439 e. The Kier molecular flexibility index (Phi) is 4.92. The van der Waals surface area contributed by atoms with E-state index in [9.17, 15) is 9.59 Å². The lowest BCUT2D eigenvalue weighted by Crippen LogP contribution is -2.24. The molecule has 0 saturated heterocycles. The Morgan fingerprint density at radius 3 is 2.75 bits per heavy atom. The Labute approximate surface area is 180 Å². The minimum absolute atomic E-state index is 0.161. The molecule has 0 aliphatic carbocycles. The Bertz CT molecular complexity index is 1440. The molecule has 3 aromatic heterocycles. The average molecular weight is 428 g/mol. The molecule has 0 bridgehead atoms. The summed E-state index contributed by atoms with van der Waals surface area (Å²) in [5.74, 6) is 0.596. The van der Waals surface area contributed by atoms with Gasteiger partial charge in [-0.05, 0) is 36.4 Å². The fourth-order valence-corrected chi connectivity index (χ4v) is 3.16. The third-order valence-corrected chi connectivity index (χ3v) is 4.63. The number of nitrogens with zero attached hydrogens (tertiary/aromatic N) is 5. The Balaban J connectivity index is 1.25. The Morgan fingerprint density at radius 2 is 1.94 bits per heavy atom.